The Morgan fingerprint density at radius 1 is 1.16 bits per heavy atom. The Hall–Kier alpha value is -1.84. The Morgan fingerprint density at radius 3 is 2.78 bits per heavy atom. The molecule has 1 aromatic carbocycles. The van der Waals surface area contributed by atoms with Gasteiger partial charge >= 0.3 is 0 Å². The van der Waals surface area contributed by atoms with Gasteiger partial charge in [0.25, 0.3) is 0 Å². The van der Waals surface area contributed by atoms with E-state index < -0.39 is 0 Å². The van der Waals surface area contributed by atoms with Gasteiger partial charge in [0.1, 0.15) is 11.2 Å². The Bertz CT molecular complexity index is 994. The van der Waals surface area contributed by atoms with E-state index >= 15 is 0 Å². The smallest absolute Gasteiger partial charge is 0.124 e. The first kappa shape index (κ1) is 22.0. The second-order valence-corrected chi connectivity index (χ2v) is 10.3. The molecule has 1 fully saturated rings. The predicted octanol–water partition coefficient (Wildman–Crippen LogP) is 3.23. The van der Waals surface area contributed by atoms with Crippen LogP contribution in [-0.4, -0.2) is 79.3 Å². The third-order valence-corrected chi connectivity index (χ3v) is 8.31. The van der Waals surface area contributed by atoms with Crippen LogP contribution in [0, 0.1) is 0 Å². The highest BCUT2D eigenvalue weighted by Crippen LogP contribution is 2.43. The van der Waals surface area contributed by atoms with Crippen molar-refractivity contribution in [2.45, 2.75) is 25.6 Å². The van der Waals surface area contributed by atoms with E-state index in [0.29, 0.717) is 0 Å². The Balaban J connectivity index is 1.13. The normalized spacial score (nSPS) is 21.5. The molecular weight excluding hydrogens is 436 g/mol. The molecule has 8 heteroatoms. The summed E-state index contributed by atoms with van der Waals surface area (Å²) in [4.78, 5) is 15.9. The lowest BCUT2D eigenvalue weighted by Gasteiger charge is -2.37. The quantitative estimate of drug-likeness (QED) is 0.657. The number of anilines is 1. The van der Waals surface area contributed by atoms with E-state index in [-0.39, 0.29) is 6.17 Å². The fourth-order valence-electron chi connectivity index (χ4n) is 5.07. The number of aliphatic imine (C=N–C) groups is 1. The summed E-state index contributed by atoms with van der Waals surface area (Å²) in [5.74, 6) is 0. The lowest BCUT2D eigenvalue weighted by Crippen LogP contribution is -2.47. The lowest BCUT2D eigenvalue weighted by molar-refractivity contribution is 0.234. The number of thiophene rings is 1. The number of benzene rings is 1. The zero-order chi connectivity index (χ0) is 22.1. The van der Waals surface area contributed by atoms with Crippen molar-refractivity contribution in [1.29, 1.82) is 0 Å². The van der Waals surface area contributed by atoms with Crippen LogP contribution in [0.1, 0.15) is 34.2 Å². The highest BCUT2D eigenvalue weighted by Gasteiger charge is 2.30. The van der Waals surface area contributed by atoms with Crippen molar-refractivity contribution in [3.63, 3.8) is 0 Å². The van der Waals surface area contributed by atoms with Gasteiger partial charge in [-0.3, -0.25) is 4.90 Å². The number of para-hydroxylation sites is 1. The molecule has 0 spiro atoms. The van der Waals surface area contributed by atoms with Crippen molar-refractivity contribution in [2.75, 3.05) is 57.8 Å². The number of hydrogen-bond acceptors (Lipinski definition) is 8. The highest BCUT2D eigenvalue weighted by molar-refractivity contribution is 7.79. The maximum absolute atomic E-state index is 6.72. The number of piperazine rings is 1. The van der Waals surface area contributed by atoms with Crippen LogP contribution in [0.4, 0.5) is 10.7 Å². The second-order valence-electron chi connectivity index (χ2n) is 9.00. The maximum Gasteiger partial charge on any atom is 0.124 e. The first-order chi connectivity index (χ1) is 15.6. The number of likely N-dealkylation sites (N-methyl/N-ethyl adjacent to an activating group) is 1. The topological polar surface area (TPSA) is 51.3 Å². The fourth-order valence-corrected chi connectivity index (χ4v) is 6.57. The van der Waals surface area contributed by atoms with Crippen LogP contribution in [0.5, 0.6) is 0 Å². The van der Waals surface area contributed by atoms with Gasteiger partial charge in [0, 0.05) is 72.9 Å². The molecule has 1 aromatic heterocycles. The molecule has 1 saturated heterocycles. The Morgan fingerprint density at radius 2 is 1.97 bits per heavy atom. The average molecular weight is 469 g/mol. The molecule has 6 nitrogen and oxygen atoms in total. The van der Waals surface area contributed by atoms with E-state index in [4.69, 9.17) is 22.9 Å². The number of thiocarbonyl (C=S) groups is 1. The van der Waals surface area contributed by atoms with E-state index in [1.165, 1.54) is 21.7 Å². The van der Waals surface area contributed by atoms with Gasteiger partial charge in [0.05, 0.1) is 6.34 Å². The summed E-state index contributed by atoms with van der Waals surface area (Å²) in [7, 11) is 2.19. The van der Waals surface area contributed by atoms with E-state index in [1.54, 1.807) is 5.37 Å². The van der Waals surface area contributed by atoms with Gasteiger partial charge in [-0.25, -0.2) is 4.99 Å². The minimum atomic E-state index is -0.0612. The van der Waals surface area contributed by atoms with Gasteiger partial charge in [-0.05, 0) is 38.1 Å². The third kappa shape index (κ3) is 4.34. The number of nitrogens with zero attached hydrogens (tertiary/aromatic N) is 5. The van der Waals surface area contributed by atoms with Crippen LogP contribution in [0.3, 0.4) is 0 Å². The summed E-state index contributed by atoms with van der Waals surface area (Å²) < 4.78 is 0. The molecule has 0 bridgehead atoms. The largest absolute Gasteiger partial charge is 0.368 e. The van der Waals surface area contributed by atoms with Crippen LogP contribution in [-0.2, 0) is 13.0 Å². The first-order valence-corrected chi connectivity index (χ1v) is 12.8. The molecule has 3 aliphatic rings. The molecule has 0 aliphatic carbocycles. The van der Waals surface area contributed by atoms with Crippen LogP contribution < -0.4 is 10.6 Å². The molecule has 1 unspecified atom stereocenters. The lowest BCUT2D eigenvalue weighted by atomic mass is 10.00. The van der Waals surface area contributed by atoms with Crippen molar-refractivity contribution in [1.82, 2.24) is 14.7 Å². The Labute approximate surface area is 200 Å². The van der Waals surface area contributed by atoms with Crippen molar-refractivity contribution in [2.24, 2.45) is 10.7 Å². The van der Waals surface area contributed by atoms with Crippen LogP contribution in [0.2, 0.25) is 0 Å². The van der Waals surface area contributed by atoms with Gasteiger partial charge in [0.2, 0.25) is 0 Å². The molecule has 4 heterocycles. The third-order valence-electron chi connectivity index (χ3n) is 6.91. The minimum Gasteiger partial charge on any atom is -0.368 e. The molecule has 1 atom stereocenters. The second kappa shape index (κ2) is 9.57. The zero-order valence-electron chi connectivity index (χ0n) is 18.7. The average Bonchev–Trinajstić information content (AvgIpc) is 3.19. The summed E-state index contributed by atoms with van der Waals surface area (Å²) in [6.07, 6.45) is 4.10. The highest BCUT2D eigenvalue weighted by atomic mass is 32.1. The molecule has 2 N–H and O–H groups in total. The minimum absolute atomic E-state index is 0.0612. The zero-order valence-corrected chi connectivity index (χ0v) is 20.4. The molecule has 2 aromatic rings. The molecule has 0 radical (unpaired) electrons. The summed E-state index contributed by atoms with van der Waals surface area (Å²) >= 11 is 7.02. The first-order valence-electron chi connectivity index (χ1n) is 11.5. The van der Waals surface area contributed by atoms with Crippen LogP contribution >= 0.6 is 23.6 Å². The summed E-state index contributed by atoms with van der Waals surface area (Å²) in [5.41, 5.74) is 11.9. The Kier molecular flexibility index (Phi) is 6.57. The van der Waals surface area contributed by atoms with E-state index in [0.717, 1.165) is 75.8 Å². The van der Waals surface area contributed by atoms with Crippen molar-refractivity contribution in [3.8, 4) is 0 Å². The molecule has 32 heavy (non-hydrogen) atoms. The van der Waals surface area contributed by atoms with E-state index in [1.807, 2.05) is 17.7 Å². The van der Waals surface area contributed by atoms with Gasteiger partial charge in [-0.2, -0.15) is 0 Å². The van der Waals surface area contributed by atoms with Crippen LogP contribution in [0.25, 0.3) is 0 Å². The molecule has 0 amide bonds. The molecule has 0 saturated carbocycles. The fraction of sp³-hybridized carbons (Fsp3) is 0.500. The molecule has 3 aliphatic heterocycles. The molecule has 5 rings (SSSR count). The van der Waals surface area contributed by atoms with E-state index in [9.17, 15) is 0 Å². The van der Waals surface area contributed by atoms with Crippen molar-refractivity contribution in [3.05, 3.63) is 45.8 Å². The molecular formula is C24H32N6S2. The standard InChI is InChI=1S/C24H32N6S2/c1-27-10-7-19-21(15-27)32-24-22(19)23(25)30(17-26-24)9-4-8-28-11-13-29(14-12-28)20-6-3-2-5-18(20)16-31/h2-3,5-6,16-17,23H,4,7-15,25H2,1H3. The van der Waals surface area contributed by atoms with Gasteiger partial charge in [-0.15, -0.1) is 11.3 Å². The summed E-state index contributed by atoms with van der Waals surface area (Å²) in [6.45, 7) is 8.43. The maximum atomic E-state index is 6.72. The predicted molar refractivity (Wildman–Crippen MR) is 139 cm³/mol. The van der Waals surface area contributed by atoms with Crippen molar-refractivity contribution >= 4 is 45.9 Å². The van der Waals surface area contributed by atoms with E-state index in [2.05, 4.69) is 50.9 Å². The SMILES string of the molecule is CN1CCc2c(sc3c2C(N)N(CCCN2CCN(c4ccccc4C=S)CC2)C=N3)C1. The van der Waals surface area contributed by atoms with Gasteiger partial charge in [-0.1, -0.05) is 30.4 Å². The summed E-state index contributed by atoms with van der Waals surface area (Å²) in [5, 5.41) is 2.92. The monoisotopic (exact) mass is 468 g/mol. The number of fused-ring (bicyclic) bond motifs is 3. The van der Waals surface area contributed by atoms with Gasteiger partial charge in [0.15, 0.2) is 0 Å². The number of hydrogen-bond donors (Lipinski definition) is 1. The molecule has 170 valence electrons. The number of nitrogens with two attached hydrogens (primary N) is 1. The van der Waals surface area contributed by atoms with Gasteiger partial charge < -0.3 is 20.4 Å². The van der Waals surface area contributed by atoms with Crippen molar-refractivity contribution < 1.29 is 0 Å². The summed E-state index contributed by atoms with van der Waals surface area (Å²) in [6, 6.07) is 8.44. The number of rotatable bonds is 6. The van der Waals surface area contributed by atoms with Crippen LogP contribution in [0.15, 0.2) is 29.3 Å².